The number of benzene rings is 1. The van der Waals surface area contributed by atoms with Crippen LogP contribution in [0, 0.1) is 0 Å². The Morgan fingerprint density at radius 2 is 1.77 bits per heavy atom. The zero-order chi connectivity index (χ0) is 16.3. The summed E-state index contributed by atoms with van der Waals surface area (Å²) in [5.41, 5.74) is 1.63. The Bertz CT molecular complexity index is 639. The van der Waals surface area contributed by atoms with Crippen molar-refractivity contribution in [3.05, 3.63) is 36.1 Å². The van der Waals surface area contributed by atoms with Gasteiger partial charge in [-0.15, -0.1) is 0 Å². The van der Waals surface area contributed by atoms with E-state index < -0.39 is 0 Å². The van der Waals surface area contributed by atoms with Gasteiger partial charge in [-0.2, -0.15) is 0 Å². The fraction of sp³-hybridized carbons (Fsp3) is 0.375. The molecular weight excluding hydrogens is 280 g/mol. The second-order valence-corrected chi connectivity index (χ2v) is 6.35. The Morgan fingerprint density at radius 3 is 2.27 bits per heavy atom. The summed E-state index contributed by atoms with van der Waals surface area (Å²) in [7, 11) is 3.93. The zero-order valence-corrected chi connectivity index (χ0v) is 13.6. The van der Waals surface area contributed by atoms with Crippen molar-refractivity contribution >= 4 is 23.2 Å². The summed E-state index contributed by atoms with van der Waals surface area (Å²) in [6.07, 6.45) is 0. The van der Waals surface area contributed by atoms with Gasteiger partial charge >= 0.3 is 6.03 Å². The molecule has 6 nitrogen and oxygen atoms in total. The summed E-state index contributed by atoms with van der Waals surface area (Å²) >= 11 is 0. The number of rotatable bonds is 3. The maximum atomic E-state index is 11.9. The highest BCUT2D eigenvalue weighted by Crippen LogP contribution is 2.24. The van der Waals surface area contributed by atoms with E-state index in [0.717, 1.165) is 11.4 Å². The SMILES string of the molecule is CN(C)c1ccc(NC(=O)Nc2cc(C(C)(C)C)on2)cc1. The molecule has 0 aliphatic carbocycles. The summed E-state index contributed by atoms with van der Waals surface area (Å²) < 4.78 is 5.22. The minimum atomic E-state index is -0.355. The summed E-state index contributed by atoms with van der Waals surface area (Å²) in [5, 5.41) is 9.26. The normalized spacial score (nSPS) is 11.1. The number of aromatic nitrogens is 1. The van der Waals surface area contributed by atoms with Gasteiger partial charge in [-0.05, 0) is 24.3 Å². The van der Waals surface area contributed by atoms with E-state index in [1.807, 2.05) is 64.0 Å². The molecule has 0 aliphatic heterocycles. The van der Waals surface area contributed by atoms with E-state index in [1.54, 1.807) is 6.07 Å². The number of nitrogens with one attached hydrogen (secondary N) is 2. The molecule has 0 unspecified atom stereocenters. The van der Waals surface area contributed by atoms with Gasteiger partial charge in [0.25, 0.3) is 0 Å². The topological polar surface area (TPSA) is 70.4 Å². The molecule has 22 heavy (non-hydrogen) atoms. The molecule has 0 atom stereocenters. The van der Waals surface area contributed by atoms with Crippen LogP contribution in [0.25, 0.3) is 0 Å². The van der Waals surface area contributed by atoms with E-state index in [0.29, 0.717) is 11.5 Å². The molecule has 118 valence electrons. The smallest absolute Gasteiger partial charge is 0.324 e. The number of nitrogens with zero attached hydrogens (tertiary/aromatic N) is 2. The zero-order valence-electron chi connectivity index (χ0n) is 13.6. The van der Waals surface area contributed by atoms with Gasteiger partial charge in [-0.25, -0.2) is 4.79 Å². The first kappa shape index (κ1) is 15.9. The fourth-order valence-corrected chi connectivity index (χ4v) is 1.81. The second-order valence-electron chi connectivity index (χ2n) is 6.35. The third-order valence-electron chi connectivity index (χ3n) is 3.13. The van der Waals surface area contributed by atoms with Crippen LogP contribution in [0.5, 0.6) is 0 Å². The van der Waals surface area contributed by atoms with E-state index in [2.05, 4.69) is 15.8 Å². The lowest BCUT2D eigenvalue weighted by Gasteiger charge is -2.13. The van der Waals surface area contributed by atoms with Crippen LogP contribution < -0.4 is 15.5 Å². The molecular formula is C16H22N4O2. The van der Waals surface area contributed by atoms with Crippen LogP contribution in [-0.2, 0) is 5.41 Å². The van der Waals surface area contributed by atoms with Gasteiger partial charge < -0.3 is 14.7 Å². The number of amides is 2. The number of hydrogen-bond donors (Lipinski definition) is 2. The molecule has 6 heteroatoms. The molecule has 0 bridgehead atoms. The molecule has 0 aliphatic rings. The molecule has 2 aromatic rings. The number of anilines is 3. The third kappa shape index (κ3) is 4.00. The van der Waals surface area contributed by atoms with Crippen molar-refractivity contribution in [2.75, 3.05) is 29.6 Å². The number of hydrogen-bond acceptors (Lipinski definition) is 4. The maximum Gasteiger partial charge on any atom is 0.324 e. The van der Waals surface area contributed by atoms with Crippen molar-refractivity contribution in [3.63, 3.8) is 0 Å². The van der Waals surface area contributed by atoms with Crippen molar-refractivity contribution < 1.29 is 9.32 Å². The van der Waals surface area contributed by atoms with E-state index in [9.17, 15) is 4.79 Å². The Morgan fingerprint density at radius 1 is 1.14 bits per heavy atom. The standard InChI is InChI=1S/C16H22N4O2/c1-16(2,3)13-10-14(19-22-13)18-15(21)17-11-6-8-12(9-7-11)20(4)5/h6-10H,1-5H3,(H2,17,18,19,21). The molecule has 0 saturated carbocycles. The largest absolute Gasteiger partial charge is 0.378 e. The molecule has 2 rings (SSSR count). The van der Waals surface area contributed by atoms with E-state index in [4.69, 9.17) is 4.52 Å². The van der Waals surface area contributed by atoms with Crippen molar-refractivity contribution in [1.29, 1.82) is 0 Å². The summed E-state index contributed by atoms with van der Waals surface area (Å²) in [6, 6.07) is 8.93. The highest BCUT2D eigenvalue weighted by Gasteiger charge is 2.20. The highest BCUT2D eigenvalue weighted by atomic mass is 16.5. The van der Waals surface area contributed by atoms with Gasteiger partial charge in [-0.3, -0.25) is 5.32 Å². The van der Waals surface area contributed by atoms with Gasteiger partial charge in [0.1, 0.15) is 5.76 Å². The predicted octanol–water partition coefficient (Wildman–Crippen LogP) is 3.68. The van der Waals surface area contributed by atoms with E-state index in [1.165, 1.54) is 0 Å². The highest BCUT2D eigenvalue weighted by molar-refractivity contribution is 5.99. The van der Waals surface area contributed by atoms with Gasteiger partial charge in [0.2, 0.25) is 0 Å². The minimum Gasteiger partial charge on any atom is -0.378 e. The molecule has 2 amide bonds. The average molecular weight is 302 g/mol. The van der Waals surface area contributed by atoms with Crippen LogP contribution in [-0.4, -0.2) is 25.3 Å². The Kier molecular flexibility index (Phi) is 4.40. The lowest BCUT2D eigenvalue weighted by Crippen LogP contribution is -2.19. The number of carbonyl (C=O) groups is 1. The average Bonchev–Trinajstić information content (AvgIpc) is 2.87. The Hall–Kier alpha value is -2.50. The molecule has 1 heterocycles. The monoisotopic (exact) mass is 302 g/mol. The Labute approximate surface area is 130 Å². The third-order valence-corrected chi connectivity index (χ3v) is 3.13. The minimum absolute atomic E-state index is 0.147. The van der Waals surface area contributed by atoms with Crippen LogP contribution in [0.4, 0.5) is 22.0 Å². The lowest BCUT2D eigenvalue weighted by atomic mass is 9.93. The van der Waals surface area contributed by atoms with Gasteiger partial charge in [0, 0.05) is 37.0 Å². The van der Waals surface area contributed by atoms with Gasteiger partial charge in [0.15, 0.2) is 5.82 Å². The first-order valence-electron chi connectivity index (χ1n) is 7.08. The molecule has 0 fully saturated rings. The molecule has 0 spiro atoms. The molecule has 1 aromatic heterocycles. The number of urea groups is 1. The van der Waals surface area contributed by atoms with Crippen molar-refractivity contribution in [2.45, 2.75) is 26.2 Å². The summed E-state index contributed by atoms with van der Waals surface area (Å²) in [5.74, 6) is 1.12. The molecule has 0 saturated heterocycles. The lowest BCUT2D eigenvalue weighted by molar-refractivity contribution is 0.262. The summed E-state index contributed by atoms with van der Waals surface area (Å²) in [4.78, 5) is 13.9. The second kappa shape index (κ2) is 6.09. The van der Waals surface area contributed by atoms with E-state index in [-0.39, 0.29) is 11.4 Å². The van der Waals surface area contributed by atoms with Crippen LogP contribution in [0.1, 0.15) is 26.5 Å². The first-order chi connectivity index (χ1) is 10.3. The summed E-state index contributed by atoms with van der Waals surface area (Å²) in [6.45, 7) is 6.05. The van der Waals surface area contributed by atoms with Crippen molar-refractivity contribution in [3.8, 4) is 0 Å². The molecule has 0 radical (unpaired) electrons. The van der Waals surface area contributed by atoms with Crippen molar-refractivity contribution in [2.24, 2.45) is 0 Å². The van der Waals surface area contributed by atoms with Crippen LogP contribution in [0.2, 0.25) is 0 Å². The van der Waals surface area contributed by atoms with Crippen LogP contribution >= 0.6 is 0 Å². The van der Waals surface area contributed by atoms with Gasteiger partial charge in [-0.1, -0.05) is 25.9 Å². The van der Waals surface area contributed by atoms with Crippen LogP contribution in [0.15, 0.2) is 34.9 Å². The van der Waals surface area contributed by atoms with E-state index >= 15 is 0 Å². The quantitative estimate of drug-likeness (QED) is 0.907. The Balaban J connectivity index is 1.96. The molecule has 2 N–H and O–H groups in total. The maximum absolute atomic E-state index is 11.9. The van der Waals surface area contributed by atoms with Gasteiger partial charge in [0.05, 0.1) is 0 Å². The van der Waals surface area contributed by atoms with Crippen LogP contribution in [0.3, 0.4) is 0 Å². The fourth-order valence-electron chi connectivity index (χ4n) is 1.81. The molecule has 1 aromatic carbocycles. The first-order valence-corrected chi connectivity index (χ1v) is 7.08. The number of carbonyl (C=O) groups excluding carboxylic acids is 1. The van der Waals surface area contributed by atoms with Crippen molar-refractivity contribution in [1.82, 2.24) is 5.16 Å². The predicted molar refractivity (Wildman–Crippen MR) is 88.6 cm³/mol.